The molecular weight excluding hydrogens is 438 g/mol. The smallest absolute Gasteiger partial charge is 0.395 e. The van der Waals surface area contributed by atoms with Gasteiger partial charge in [-0.2, -0.15) is 26.3 Å². The van der Waals surface area contributed by atoms with Gasteiger partial charge < -0.3 is 10.2 Å². The largest absolute Gasteiger partial charge is 0.430 e. The molecule has 1 fully saturated rings. The van der Waals surface area contributed by atoms with Crippen LogP contribution in [0.3, 0.4) is 0 Å². The van der Waals surface area contributed by atoms with Crippen LogP contribution in [0, 0.1) is 0 Å². The van der Waals surface area contributed by atoms with Crippen LogP contribution in [-0.4, -0.2) is 71.7 Å². The van der Waals surface area contributed by atoms with E-state index >= 15 is 0 Å². The molecule has 0 saturated carbocycles. The molecular formula is C22H24F6N2O2. The van der Waals surface area contributed by atoms with Crippen LogP contribution >= 0.6 is 0 Å². The standard InChI is InChI=1S/C22H24F6N2O2/c23-21(24,25)20(32,22(26,27)28)19-7-5-18(6-8-19)17-3-1-16(2-4-17)15-30-11-9-29(10-12-30)13-14-31/h1-8,31-32H,9-15H2. The Labute approximate surface area is 181 Å². The molecule has 2 aromatic carbocycles. The lowest BCUT2D eigenvalue weighted by molar-refractivity contribution is -0.376. The number of nitrogens with zero attached hydrogens (tertiary/aromatic N) is 2. The molecule has 4 nitrogen and oxygen atoms in total. The van der Waals surface area contributed by atoms with Crippen molar-refractivity contribution < 1.29 is 36.6 Å². The molecule has 176 valence electrons. The van der Waals surface area contributed by atoms with Gasteiger partial charge in [-0.1, -0.05) is 48.5 Å². The number of aliphatic hydroxyl groups is 2. The van der Waals surface area contributed by atoms with E-state index in [0.717, 1.165) is 50.4 Å². The van der Waals surface area contributed by atoms with E-state index in [-0.39, 0.29) is 6.61 Å². The summed E-state index contributed by atoms with van der Waals surface area (Å²) in [6.45, 7) is 4.98. The van der Waals surface area contributed by atoms with E-state index < -0.39 is 23.5 Å². The Morgan fingerprint density at radius 2 is 1.12 bits per heavy atom. The van der Waals surface area contributed by atoms with E-state index in [9.17, 15) is 31.4 Å². The Hall–Kier alpha value is -2.14. The SMILES string of the molecule is OCCN1CCN(Cc2ccc(-c3ccc(C(O)(C(F)(F)F)C(F)(F)F)cc3)cc2)CC1. The second-order valence-electron chi connectivity index (χ2n) is 7.82. The third kappa shape index (κ3) is 5.09. The van der Waals surface area contributed by atoms with Crippen molar-refractivity contribution in [3.8, 4) is 11.1 Å². The second kappa shape index (κ2) is 9.38. The van der Waals surface area contributed by atoms with Crippen molar-refractivity contribution in [2.75, 3.05) is 39.3 Å². The molecule has 0 aromatic heterocycles. The van der Waals surface area contributed by atoms with E-state index in [4.69, 9.17) is 5.11 Å². The summed E-state index contributed by atoms with van der Waals surface area (Å²) in [6, 6.07) is 10.8. The first kappa shape index (κ1) is 24.5. The number of halogens is 6. The molecule has 0 radical (unpaired) electrons. The Morgan fingerprint density at radius 1 is 0.688 bits per heavy atom. The molecule has 0 aliphatic carbocycles. The molecule has 32 heavy (non-hydrogen) atoms. The molecule has 1 aliphatic rings. The summed E-state index contributed by atoms with van der Waals surface area (Å²) in [7, 11) is 0. The molecule has 0 unspecified atom stereocenters. The van der Waals surface area contributed by atoms with Crippen LogP contribution in [0.25, 0.3) is 11.1 Å². The molecule has 0 atom stereocenters. The fourth-order valence-corrected chi connectivity index (χ4v) is 3.77. The van der Waals surface area contributed by atoms with Crippen LogP contribution in [0.15, 0.2) is 48.5 Å². The average Bonchev–Trinajstić information content (AvgIpc) is 2.74. The first-order valence-electron chi connectivity index (χ1n) is 10.1. The van der Waals surface area contributed by atoms with Gasteiger partial charge in [0.15, 0.2) is 0 Å². The summed E-state index contributed by atoms with van der Waals surface area (Å²) in [6.07, 6.45) is -11.8. The number of rotatable bonds is 6. The highest BCUT2D eigenvalue weighted by molar-refractivity contribution is 5.64. The summed E-state index contributed by atoms with van der Waals surface area (Å²) in [4.78, 5) is 4.45. The predicted molar refractivity (Wildman–Crippen MR) is 107 cm³/mol. The number of hydrogen-bond donors (Lipinski definition) is 2. The van der Waals surface area contributed by atoms with Crippen LogP contribution < -0.4 is 0 Å². The van der Waals surface area contributed by atoms with Crippen LogP contribution in [0.4, 0.5) is 26.3 Å². The minimum Gasteiger partial charge on any atom is -0.395 e. The highest BCUT2D eigenvalue weighted by Crippen LogP contribution is 2.50. The zero-order valence-electron chi connectivity index (χ0n) is 17.1. The summed E-state index contributed by atoms with van der Waals surface area (Å²) in [5.74, 6) is 0. The minimum absolute atomic E-state index is 0.133. The van der Waals surface area contributed by atoms with Gasteiger partial charge in [-0.15, -0.1) is 0 Å². The maximum Gasteiger partial charge on any atom is 0.430 e. The number of benzene rings is 2. The lowest BCUT2D eigenvalue weighted by Gasteiger charge is -2.34. The fourth-order valence-electron chi connectivity index (χ4n) is 3.77. The van der Waals surface area contributed by atoms with Crippen molar-refractivity contribution in [2.45, 2.75) is 24.5 Å². The second-order valence-corrected chi connectivity index (χ2v) is 7.82. The monoisotopic (exact) mass is 462 g/mol. The molecule has 3 rings (SSSR count). The van der Waals surface area contributed by atoms with Gasteiger partial charge in [-0.3, -0.25) is 9.80 Å². The Balaban J connectivity index is 1.69. The highest BCUT2D eigenvalue weighted by atomic mass is 19.4. The molecule has 2 aromatic rings. The van der Waals surface area contributed by atoms with Gasteiger partial charge >= 0.3 is 12.4 Å². The highest BCUT2D eigenvalue weighted by Gasteiger charge is 2.71. The van der Waals surface area contributed by atoms with E-state index in [1.807, 2.05) is 12.1 Å². The third-order valence-corrected chi connectivity index (χ3v) is 5.70. The number of hydrogen-bond acceptors (Lipinski definition) is 4. The normalized spacial score (nSPS) is 17.0. The summed E-state index contributed by atoms with van der Waals surface area (Å²) in [5, 5.41) is 18.5. The fraction of sp³-hybridized carbons (Fsp3) is 0.455. The van der Waals surface area contributed by atoms with Gasteiger partial charge in [-0.25, -0.2) is 0 Å². The lowest BCUT2D eigenvalue weighted by Crippen LogP contribution is -2.53. The average molecular weight is 462 g/mol. The van der Waals surface area contributed by atoms with E-state index in [0.29, 0.717) is 29.8 Å². The van der Waals surface area contributed by atoms with Crippen molar-refractivity contribution in [1.29, 1.82) is 0 Å². The van der Waals surface area contributed by atoms with Crippen LogP contribution in [0.5, 0.6) is 0 Å². The zero-order valence-corrected chi connectivity index (χ0v) is 17.1. The van der Waals surface area contributed by atoms with Crippen LogP contribution in [-0.2, 0) is 12.1 Å². The lowest BCUT2D eigenvalue weighted by atomic mass is 9.90. The minimum atomic E-state index is -5.90. The van der Waals surface area contributed by atoms with Crippen LogP contribution in [0.2, 0.25) is 0 Å². The number of aliphatic hydroxyl groups excluding tert-OH is 1. The molecule has 1 aliphatic heterocycles. The van der Waals surface area contributed by atoms with Crippen molar-refractivity contribution in [3.63, 3.8) is 0 Å². The van der Waals surface area contributed by atoms with Gasteiger partial charge in [0.25, 0.3) is 5.60 Å². The molecule has 0 amide bonds. The summed E-state index contributed by atoms with van der Waals surface area (Å²) < 4.78 is 78.1. The molecule has 1 saturated heterocycles. The van der Waals surface area contributed by atoms with Gasteiger partial charge in [0.1, 0.15) is 0 Å². The predicted octanol–water partition coefficient (Wildman–Crippen LogP) is 3.78. The number of alkyl halides is 6. The molecule has 0 spiro atoms. The van der Waals surface area contributed by atoms with Gasteiger partial charge in [0.05, 0.1) is 6.61 Å². The quantitative estimate of drug-likeness (QED) is 0.642. The van der Waals surface area contributed by atoms with E-state index in [1.54, 1.807) is 12.1 Å². The van der Waals surface area contributed by atoms with Crippen molar-refractivity contribution in [1.82, 2.24) is 9.80 Å². The summed E-state index contributed by atoms with van der Waals surface area (Å²) in [5.41, 5.74) is -4.10. The Bertz CT molecular complexity index is 859. The third-order valence-electron chi connectivity index (χ3n) is 5.70. The van der Waals surface area contributed by atoms with Crippen molar-refractivity contribution >= 4 is 0 Å². The molecule has 10 heteroatoms. The maximum atomic E-state index is 13.0. The van der Waals surface area contributed by atoms with Crippen LogP contribution in [0.1, 0.15) is 11.1 Å². The van der Waals surface area contributed by atoms with Gasteiger partial charge in [0.2, 0.25) is 0 Å². The maximum absolute atomic E-state index is 13.0. The Morgan fingerprint density at radius 3 is 1.56 bits per heavy atom. The van der Waals surface area contributed by atoms with E-state index in [2.05, 4.69) is 9.80 Å². The zero-order chi connectivity index (χ0) is 23.6. The van der Waals surface area contributed by atoms with Crippen molar-refractivity contribution in [3.05, 3.63) is 59.7 Å². The molecule has 2 N–H and O–H groups in total. The topological polar surface area (TPSA) is 46.9 Å². The van der Waals surface area contributed by atoms with Crippen molar-refractivity contribution in [2.24, 2.45) is 0 Å². The summed E-state index contributed by atoms with van der Waals surface area (Å²) >= 11 is 0. The van der Waals surface area contributed by atoms with E-state index in [1.165, 1.54) is 0 Å². The Kier molecular flexibility index (Phi) is 7.18. The number of piperazine rings is 1. The molecule has 0 bridgehead atoms. The van der Waals surface area contributed by atoms with Gasteiger partial charge in [0, 0.05) is 44.8 Å². The number of β-amino-alcohol motifs (C(OH)–C–C–N with tert-alkyl or cyclic N) is 1. The first-order valence-corrected chi connectivity index (χ1v) is 10.1. The molecule has 1 heterocycles. The first-order chi connectivity index (χ1) is 15.0. The van der Waals surface area contributed by atoms with Gasteiger partial charge in [-0.05, 0) is 16.7 Å².